The number of nitrogens with two attached hydrogens (primary N) is 1. The van der Waals surface area contributed by atoms with E-state index in [1.165, 1.54) is 4.90 Å². The Morgan fingerprint density at radius 1 is 1.42 bits per heavy atom. The molecule has 1 amide bonds. The summed E-state index contributed by atoms with van der Waals surface area (Å²) in [5.41, 5.74) is 5.47. The Labute approximate surface area is 115 Å². The monoisotopic (exact) mass is 270 g/mol. The van der Waals surface area contributed by atoms with Crippen LogP contribution in [0.2, 0.25) is 0 Å². The zero-order valence-electron chi connectivity index (χ0n) is 12.2. The van der Waals surface area contributed by atoms with Crippen molar-refractivity contribution in [3.63, 3.8) is 0 Å². The number of carboxylic acids is 1. The molecule has 1 saturated heterocycles. The zero-order valence-corrected chi connectivity index (χ0v) is 12.2. The van der Waals surface area contributed by atoms with Crippen LogP contribution in [0.1, 0.15) is 52.9 Å². The van der Waals surface area contributed by atoms with Crippen LogP contribution >= 0.6 is 0 Å². The van der Waals surface area contributed by atoms with E-state index in [1.54, 1.807) is 0 Å². The number of carboxylic acid groups (broad SMARTS) is 1. The minimum atomic E-state index is -0.890. The van der Waals surface area contributed by atoms with Crippen molar-refractivity contribution in [3.05, 3.63) is 0 Å². The van der Waals surface area contributed by atoms with Crippen LogP contribution in [0.4, 0.5) is 0 Å². The number of nitrogens with zero attached hydrogens (tertiary/aromatic N) is 1. The average molecular weight is 270 g/mol. The molecule has 0 aromatic heterocycles. The number of likely N-dealkylation sites (tertiary alicyclic amines) is 1. The summed E-state index contributed by atoms with van der Waals surface area (Å²) in [5.74, 6) is -0.560. The largest absolute Gasteiger partial charge is 0.480 e. The van der Waals surface area contributed by atoms with Crippen molar-refractivity contribution in [3.8, 4) is 0 Å². The van der Waals surface area contributed by atoms with Crippen molar-refractivity contribution in [2.24, 2.45) is 11.7 Å². The molecule has 1 aliphatic heterocycles. The van der Waals surface area contributed by atoms with Gasteiger partial charge in [-0.2, -0.15) is 0 Å². The first-order valence-electron chi connectivity index (χ1n) is 7.05. The number of rotatable bonds is 5. The van der Waals surface area contributed by atoms with E-state index in [-0.39, 0.29) is 5.91 Å². The molecule has 5 nitrogen and oxygen atoms in total. The Morgan fingerprint density at radius 3 is 2.53 bits per heavy atom. The number of piperidine rings is 1. The van der Waals surface area contributed by atoms with Crippen LogP contribution in [-0.2, 0) is 9.59 Å². The van der Waals surface area contributed by atoms with Gasteiger partial charge in [-0.3, -0.25) is 4.79 Å². The molecule has 1 heterocycles. The van der Waals surface area contributed by atoms with Crippen molar-refractivity contribution in [2.45, 2.75) is 64.5 Å². The molecule has 0 bridgehead atoms. The Balaban J connectivity index is 2.64. The maximum atomic E-state index is 12.2. The number of hydrogen-bond acceptors (Lipinski definition) is 3. The fourth-order valence-electron chi connectivity index (χ4n) is 2.51. The second-order valence-electron chi connectivity index (χ2n) is 6.23. The van der Waals surface area contributed by atoms with Crippen LogP contribution in [0.15, 0.2) is 0 Å². The summed E-state index contributed by atoms with van der Waals surface area (Å²) in [6.45, 7) is 6.37. The van der Waals surface area contributed by atoms with Crippen molar-refractivity contribution >= 4 is 11.9 Å². The van der Waals surface area contributed by atoms with E-state index in [0.717, 1.165) is 12.8 Å². The molecular weight excluding hydrogens is 244 g/mol. The third-order valence-corrected chi connectivity index (χ3v) is 3.88. The van der Waals surface area contributed by atoms with E-state index in [2.05, 4.69) is 6.92 Å². The normalized spacial score (nSPS) is 24.3. The number of carbonyl (C=O) groups is 2. The molecule has 0 spiro atoms. The first kappa shape index (κ1) is 16.0. The predicted molar refractivity (Wildman–Crippen MR) is 73.7 cm³/mol. The highest BCUT2D eigenvalue weighted by molar-refractivity contribution is 5.84. The Kier molecular flexibility index (Phi) is 5.35. The molecule has 5 heteroatoms. The van der Waals surface area contributed by atoms with Gasteiger partial charge in [0.05, 0.1) is 0 Å². The smallest absolute Gasteiger partial charge is 0.326 e. The van der Waals surface area contributed by atoms with Gasteiger partial charge in [-0.1, -0.05) is 13.3 Å². The van der Waals surface area contributed by atoms with Gasteiger partial charge >= 0.3 is 5.97 Å². The molecule has 110 valence electrons. The third kappa shape index (κ3) is 4.82. The van der Waals surface area contributed by atoms with Gasteiger partial charge in [-0.25, -0.2) is 4.79 Å². The summed E-state index contributed by atoms with van der Waals surface area (Å²) in [6, 6.07) is -0.660. The molecule has 1 aliphatic rings. The van der Waals surface area contributed by atoms with E-state index in [4.69, 9.17) is 5.73 Å². The molecule has 0 saturated carbocycles. The second kappa shape index (κ2) is 6.37. The SMILES string of the molecule is CCC1CCN(C(=O)CCC(C)(C)N)C(C(=O)O)C1. The second-order valence-corrected chi connectivity index (χ2v) is 6.23. The highest BCUT2D eigenvalue weighted by atomic mass is 16.4. The first-order valence-corrected chi connectivity index (χ1v) is 7.05. The van der Waals surface area contributed by atoms with Gasteiger partial charge in [0.2, 0.25) is 5.91 Å². The highest BCUT2D eigenvalue weighted by Crippen LogP contribution is 2.26. The van der Waals surface area contributed by atoms with Crippen LogP contribution in [0.5, 0.6) is 0 Å². The molecule has 2 unspecified atom stereocenters. The van der Waals surface area contributed by atoms with Crippen LogP contribution in [0, 0.1) is 5.92 Å². The number of carbonyl (C=O) groups excluding carboxylic acids is 1. The van der Waals surface area contributed by atoms with Gasteiger partial charge in [0.15, 0.2) is 0 Å². The zero-order chi connectivity index (χ0) is 14.6. The van der Waals surface area contributed by atoms with Crippen LogP contribution in [0.3, 0.4) is 0 Å². The molecular formula is C14H26N2O3. The summed E-state index contributed by atoms with van der Waals surface area (Å²) in [5, 5.41) is 9.28. The summed E-state index contributed by atoms with van der Waals surface area (Å²) >= 11 is 0. The van der Waals surface area contributed by atoms with Gasteiger partial charge in [0.25, 0.3) is 0 Å². The molecule has 2 atom stereocenters. The van der Waals surface area contributed by atoms with Gasteiger partial charge < -0.3 is 15.7 Å². The van der Waals surface area contributed by atoms with E-state index in [9.17, 15) is 14.7 Å². The molecule has 0 aromatic rings. The fourth-order valence-corrected chi connectivity index (χ4v) is 2.51. The standard InChI is InChI=1S/C14H26N2O3/c1-4-10-6-8-16(11(9-10)13(18)19)12(17)5-7-14(2,3)15/h10-11H,4-9,15H2,1-3H3,(H,18,19). The van der Waals surface area contributed by atoms with Crippen molar-refractivity contribution < 1.29 is 14.7 Å². The lowest BCUT2D eigenvalue weighted by atomic mass is 9.88. The van der Waals surface area contributed by atoms with E-state index in [0.29, 0.717) is 31.7 Å². The Bertz CT molecular complexity index is 336. The van der Waals surface area contributed by atoms with Gasteiger partial charge in [0.1, 0.15) is 6.04 Å². The predicted octanol–water partition coefficient (Wildman–Crippen LogP) is 1.61. The van der Waals surface area contributed by atoms with Gasteiger partial charge in [0, 0.05) is 18.5 Å². The van der Waals surface area contributed by atoms with E-state index in [1.807, 2.05) is 13.8 Å². The minimum absolute atomic E-state index is 0.0829. The average Bonchev–Trinajstić information content (AvgIpc) is 2.34. The molecule has 0 aromatic carbocycles. The van der Waals surface area contributed by atoms with Crippen molar-refractivity contribution in [2.75, 3.05) is 6.54 Å². The number of hydrogen-bond donors (Lipinski definition) is 2. The molecule has 0 radical (unpaired) electrons. The Hall–Kier alpha value is -1.10. The maximum absolute atomic E-state index is 12.2. The topological polar surface area (TPSA) is 83.6 Å². The lowest BCUT2D eigenvalue weighted by Crippen LogP contribution is -2.50. The highest BCUT2D eigenvalue weighted by Gasteiger charge is 2.35. The molecule has 1 rings (SSSR count). The molecule has 0 aliphatic carbocycles. The maximum Gasteiger partial charge on any atom is 0.326 e. The molecule has 3 N–H and O–H groups in total. The molecule has 1 fully saturated rings. The molecule has 19 heavy (non-hydrogen) atoms. The third-order valence-electron chi connectivity index (χ3n) is 3.88. The van der Waals surface area contributed by atoms with Gasteiger partial charge in [-0.05, 0) is 39.0 Å². The fraction of sp³-hybridized carbons (Fsp3) is 0.857. The number of amides is 1. The minimum Gasteiger partial charge on any atom is -0.480 e. The summed E-state index contributed by atoms with van der Waals surface area (Å²) < 4.78 is 0. The van der Waals surface area contributed by atoms with Crippen molar-refractivity contribution in [1.82, 2.24) is 4.90 Å². The number of aliphatic carboxylic acids is 1. The lowest BCUT2D eigenvalue weighted by Gasteiger charge is -2.37. The quantitative estimate of drug-likeness (QED) is 0.795. The summed E-state index contributed by atoms with van der Waals surface area (Å²) in [7, 11) is 0. The summed E-state index contributed by atoms with van der Waals surface area (Å²) in [4.78, 5) is 25.0. The van der Waals surface area contributed by atoms with Crippen molar-refractivity contribution in [1.29, 1.82) is 0 Å². The lowest BCUT2D eigenvalue weighted by molar-refractivity contribution is -0.153. The van der Waals surface area contributed by atoms with Crippen LogP contribution in [0.25, 0.3) is 0 Å². The Morgan fingerprint density at radius 2 is 2.05 bits per heavy atom. The van der Waals surface area contributed by atoms with E-state index < -0.39 is 17.6 Å². The summed E-state index contributed by atoms with van der Waals surface area (Å²) in [6.07, 6.45) is 3.35. The van der Waals surface area contributed by atoms with Crippen LogP contribution in [-0.4, -0.2) is 40.0 Å². The van der Waals surface area contributed by atoms with E-state index >= 15 is 0 Å². The van der Waals surface area contributed by atoms with Crippen LogP contribution < -0.4 is 5.73 Å². The van der Waals surface area contributed by atoms with Gasteiger partial charge in [-0.15, -0.1) is 0 Å². The first-order chi connectivity index (χ1) is 8.74.